The quantitative estimate of drug-likeness (QED) is 0.550. The standard InChI is InChI=1S/C19H16Cl3N/c1-10-15(20)9-8-13-11-4-2-5-12(11)19(23-18(10)13)14-6-3-7-16(21)17(14)22/h2-4,6-9,11-12,19,23H,5H2,1H3. The zero-order chi connectivity index (χ0) is 16.1. The first-order valence-electron chi connectivity index (χ1n) is 7.74. The van der Waals surface area contributed by atoms with E-state index in [9.17, 15) is 0 Å². The van der Waals surface area contributed by atoms with Crippen molar-refractivity contribution in [2.75, 3.05) is 5.32 Å². The largest absolute Gasteiger partial charge is 0.377 e. The van der Waals surface area contributed by atoms with Crippen molar-refractivity contribution in [3.05, 3.63) is 74.2 Å². The predicted octanol–water partition coefficient (Wildman–Crippen LogP) is 6.78. The van der Waals surface area contributed by atoms with Gasteiger partial charge in [-0.1, -0.05) is 65.2 Å². The molecule has 1 heterocycles. The van der Waals surface area contributed by atoms with Gasteiger partial charge in [0, 0.05) is 16.6 Å². The molecule has 4 rings (SSSR count). The lowest BCUT2D eigenvalue weighted by molar-refractivity contribution is 0.425. The second-order valence-corrected chi connectivity index (χ2v) is 7.45. The van der Waals surface area contributed by atoms with E-state index in [-0.39, 0.29) is 6.04 Å². The summed E-state index contributed by atoms with van der Waals surface area (Å²) in [4.78, 5) is 0. The Morgan fingerprint density at radius 3 is 2.65 bits per heavy atom. The van der Waals surface area contributed by atoms with Crippen LogP contribution in [0.15, 0.2) is 42.5 Å². The highest BCUT2D eigenvalue weighted by Crippen LogP contribution is 2.52. The van der Waals surface area contributed by atoms with Crippen LogP contribution in [0.25, 0.3) is 0 Å². The molecule has 1 N–H and O–H groups in total. The minimum Gasteiger partial charge on any atom is -0.377 e. The summed E-state index contributed by atoms with van der Waals surface area (Å²) in [7, 11) is 0. The Bertz CT molecular complexity index is 813. The lowest BCUT2D eigenvalue weighted by Gasteiger charge is -2.39. The molecule has 0 saturated heterocycles. The van der Waals surface area contributed by atoms with Crippen LogP contribution in [0.2, 0.25) is 15.1 Å². The first-order valence-corrected chi connectivity index (χ1v) is 8.87. The third-order valence-electron chi connectivity index (χ3n) is 5.05. The van der Waals surface area contributed by atoms with Crippen LogP contribution in [0, 0.1) is 12.8 Å². The zero-order valence-electron chi connectivity index (χ0n) is 12.6. The second kappa shape index (κ2) is 5.73. The number of allylic oxidation sites excluding steroid dienone is 2. The molecule has 0 radical (unpaired) electrons. The SMILES string of the molecule is Cc1c(Cl)ccc2c1NC(c1cccc(Cl)c1Cl)C1CC=CC21. The van der Waals surface area contributed by atoms with Crippen LogP contribution in [-0.2, 0) is 0 Å². The van der Waals surface area contributed by atoms with E-state index < -0.39 is 0 Å². The van der Waals surface area contributed by atoms with Crippen LogP contribution in [0.4, 0.5) is 5.69 Å². The maximum Gasteiger partial charge on any atom is 0.0645 e. The van der Waals surface area contributed by atoms with Crippen LogP contribution in [-0.4, -0.2) is 0 Å². The van der Waals surface area contributed by atoms with Crippen molar-refractivity contribution in [1.29, 1.82) is 0 Å². The van der Waals surface area contributed by atoms with Gasteiger partial charge in [-0.15, -0.1) is 0 Å². The fraction of sp³-hybridized carbons (Fsp3) is 0.263. The Balaban J connectivity index is 1.87. The molecule has 1 nitrogen and oxygen atoms in total. The number of rotatable bonds is 1. The predicted molar refractivity (Wildman–Crippen MR) is 99.0 cm³/mol. The van der Waals surface area contributed by atoms with Gasteiger partial charge in [0.2, 0.25) is 0 Å². The fourth-order valence-corrected chi connectivity index (χ4v) is 4.44. The molecule has 3 atom stereocenters. The molecule has 0 bridgehead atoms. The van der Waals surface area contributed by atoms with E-state index in [1.165, 1.54) is 5.56 Å². The molecule has 0 fully saturated rings. The number of nitrogens with one attached hydrogen (secondary N) is 1. The third kappa shape index (κ3) is 2.38. The van der Waals surface area contributed by atoms with Crippen LogP contribution in [0.3, 0.4) is 0 Å². The van der Waals surface area contributed by atoms with Gasteiger partial charge in [0.1, 0.15) is 0 Å². The summed E-state index contributed by atoms with van der Waals surface area (Å²) < 4.78 is 0. The van der Waals surface area contributed by atoms with E-state index in [1.807, 2.05) is 18.2 Å². The topological polar surface area (TPSA) is 12.0 Å². The first kappa shape index (κ1) is 15.4. The number of hydrogen-bond donors (Lipinski definition) is 1. The summed E-state index contributed by atoms with van der Waals surface area (Å²) in [6.07, 6.45) is 5.61. The molecule has 23 heavy (non-hydrogen) atoms. The van der Waals surface area contributed by atoms with Gasteiger partial charge in [-0.25, -0.2) is 0 Å². The number of halogens is 3. The lowest BCUT2D eigenvalue weighted by atomic mass is 9.76. The van der Waals surface area contributed by atoms with Gasteiger partial charge in [0.15, 0.2) is 0 Å². The van der Waals surface area contributed by atoms with Gasteiger partial charge in [-0.05, 0) is 48.1 Å². The highest BCUT2D eigenvalue weighted by atomic mass is 35.5. The highest BCUT2D eigenvalue weighted by Gasteiger charge is 2.39. The first-order chi connectivity index (χ1) is 11.1. The lowest BCUT2D eigenvalue weighted by Crippen LogP contribution is -2.29. The van der Waals surface area contributed by atoms with Gasteiger partial charge in [-0.3, -0.25) is 0 Å². The Kier molecular flexibility index (Phi) is 3.84. The van der Waals surface area contributed by atoms with Crippen molar-refractivity contribution in [2.45, 2.75) is 25.3 Å². The molecular formula is C19H16Cl3N. The van der Waals surface area contributed by atoms with E-state index in [2.05, 4.69) is 36.5 Å². The Labute approximate surface area is 151 Å². The van der Waals surface area contributed by atoms with Gasteiger partial charge >= 0.3 is 0 Å². The Hall–Kier alpha value is -1.15. The molecular weight excluding hydrogens is 349 g/mol. The molecule has 0 spiro atoms. The average molecular weight is 365 g/mol. The minimum atomic E-state index is 0.130. The summed E-state index contributed by atoms with van der Waals surface area (Å²) in [5.74, 6) is 0.835. The van der Waals surface area contributed by atoms with E-state index in [4.69, 9.17) is 34.8 Å². The van der Waals surface area contributed by atoms with E-state index in [0.717, 1.165) is 28.3 Å². The monoisotopic (exact) mass is 363 g/mol. The molecule has 0 saturated carbocycles. The molecule has 4 heteroatoms. The van der Waals surface area contributed by atoms with Crippen LogP contribution < -0.4 is 5.32 Å². The summed E-state index contributed by atoms with van der Waals surface area (Å²) in [5.41, 5.74) is 4.60. The Morgan fingerprint density at radius 2 is 1.83 bits per heavy atom. The maximum atomic E-state index is 6.50. The molecule has 0 aromatic heterocycles. The fourth-order valence-electron chi connectivity index (χ4n) is 3.86. The van der Waals surface area contributed by atoms with Crippen LogP contribution in [0.5, 0.6) is 0 Å². The van der Waals surface area contributed by atoms with Crippen molar-refractivity contribution < 1.29 is 0 Å². The summed E-state index contributed by atoms with van der Waals surface area (Å²) >= 11 is 19.1. The number of anilines is 1. The molecule has 1 aliphatic heterocycles. The average Bonchev–Trinajstić information content (AvgIpc) is 3.03. The van der Waals surface area contributed by atoms with E-state index in [1.54, 1.807) is 0 Å². The molecule has 2 aromatic rings. The van der Waals surface area contributed by atoms with Gasteiger partial charge < -0.3 is 5.32 Å². The molecule has 118 valence electrons. The van der Waals surface area contributed by atoms with E-state index >= 15 is 0 Å². The molecule has 2 aliphatic rings. The summed E-state index contributed by atoms with van der Waals surface area (Å²) in [6, 6.07) is 10.1. The van der Waals surface area contributed by atoms with Crippen molar-refractivity contribution in [3.63, 3.8) is 0 Å². The van der Waals surface area contributed by atoms with Crippen molar-refractivity contribution >= 4 is 40.5 Å². The number of fused-ring (bicyclic) bond motifs is 3. The van der Waals surface area contributed by atoms with Crippen molar-refractivity contribution in [2.24, 2.45) is 5.92 Å². The van der Waals surface area contributed by atoms with E-state index in [0.29, 0.717) is 21.9 Å². The zero-order valence-corrected chi connectivity index (χ0v) is 14.9. The number of benzene rings is 2. The highest BCUT2D eigenvalue weighted by molar-refractivity contribution is 6.42. The second-order valence-electron chi connectivity index (χ2n) is 6.26. The van der Waals surface area contributed by atoms with Crippen molar-refractivity contribution in [3.8, 4) is 0 Å². The molecule has 2 aromatic carbocycles. The van der Waals surface area contributed by atoms with Crippen molar-refractivity contribution in [1.82, 2.24) is 0 Å². The molecule has 0 amide bonds. The smallest absolute Gasteiger partial charge is 0.0645 e. The summed E-state index contributed by atoms with van der Waals surface area (Å²) in [5, 5.41) is 5.72. The number of hydrogen-bond acceptors (Lipinski definition) is 1. The maximum absolute atomic E-state index is 6.50. The van der Waals surface area contributed by atoms with Gasteiger partial charge in [0.05, 0.1) is 16.1 Å². The Morgan fingerprint density at radius 1 is 1.00 bits per heavy atom. The van der Waals surface area contributed by atoms with Gasteiger partial charge in [0.25, 0.3) is 0 Å². The normalized spacial score (nSPS) is 25.0. The molecule has 3 unspecified atom stereocenters. The third-order valence-corrected chi connectivity index (χ3v) is 6.29. The van der Waals surface area contributed by atoms with Crippen LogP contribution in [0.1, 0.15) is 35.1 Å². The molecule has 1 aliphatic carbocycles. The summed E-state index contributed by atoms with van der Waals surface area (Å²) in [6.45, 7) is 2.06. The minimum absolute atomic E-state index is 0.130. The van der Waals surface area contributed by atoms with Crippen LogP contribution >= 0.6 is 34.8 Å². The van der Waals surface area contributed by atoms with Gasteiger partial charge in [-0.2, -0.15) is 0 Å².